The molecule has 0 spiro atoms. The fraction of sp³-hybridized carbons (Fsp3) is 0.0435. The largest absolute Gasteiger partial charge is 0.455 e. The van der Waals surface area contributed by atoms with Gasteiger partial charge in [0.2, 0.25) is 12.7 Å². The first-order chi connectivity index (χ1) is 17.0. The first-order valence-corrected chi connectivity index (χ1v) is 11.7. The van der Waals surface area contributed by atoms with E-state index >= 15 is 0 Å². The zero-order valence-corrected chi connectivity index (χ0v) is 18.7. The number of hydrogen-bond donors (Lipinski definition) is 2. The Hall–Kier alpha value is -4.71. The number of carbonyl (C=O) groups excluding carboxylic acids is 1. The predicted octanol–water partition coefficient (Wildman–Crippen LogP) is 3.03. The molecule has 0 unspecified atom stereocenters. The number of hydrazone groups is 1. The first kappa shape index (κ1) is 22.1. The normalized spacial score (nSPS) is 12.6. The van der Waals surface area contributed by atoms with E-state index < -0.39 is 15.9 Å². The summed E-state index contributed by atoms with van der Waals surface area (Å²) in [6, 6.07) is 15.9. The Balaban J connectivity index is 1.22. The number of rotatable bonds is 7. The van der Waals surface area contributed by atoms with E-state index in [1.807, 2.05) is 0 Å². The van der Waals surface area contributed by atoms with E-state index in [-0.39, 0.29) is 17.6 Å². The fourth-order valence-corrected chi connectivity index (χ4v) is 4.12. The summed E-state index contributed by atoms with van der Waals surface area (Å²) in [6.07, 6.45) is 4.24. The Morgan fingerprint density at radius 1 is 0.971 bits per heavy atom. The van der Waals surface area contributed by atoms with Gasteiger partial charge in [-0.05, 0) is 60.7 Å². The second-order valence-corrected chi connectivity index (χ2v) is 8.85. The van der Waals surface area contributed by atoms with Gasteiger partial charge in [-0.25, -0.2) is 28.5 Å². The number of amides is 1. The summed E-state index contributed by atoms with van der Waals surface area (Å²) in [4.78, 5) is 20.0. The lowest BCUT2D eigenvalue weighted by Gasteiger charge is -2.06. The van der Waals surface area contributed by atoms with Crippen LogP contribution in [0.1, 0.15) is 16.1 Å². The quantitative estimate of drug-likeness (QED) is 0.296. The van der Waals surface area contributed by atoms with Gasteiger partial charge in [-0.3, -0.25) is 4.79 Å². The number of anilines is 1. The minimum Gasteiger partial charge on any atom is -0.455 e. The number of benzene rings is 2. The molecule has 0 atom stereocenters. The highest BCUT2D eigenvalue weighted by Crippen LogP contribution is 2.32. The number of furan rings is 1. The summed E-state index contributed by atoms with van der Waals surface area (Å²) in [7, 11) is -3.84. The summed E-state index contributed by atoms with van der Waals surface area (Å²) in [5.74, 6) is 1.54. The molecular formula is C23H17N5O6S. The van der Waals surface area contributed by atoms with Crippen LogP contribution in [-0.4, -0.2) is 37.3 Å². The number of aromatic nitrogens is 2. The van der Waals surface area contributed by atoms with E-state index in [1.165, 1.54) is 30.7 Å². The standard InChI is InChI=1S/C23H17N5O6S/c29-22(16-4-8-20-21(12-16)33-14-32-20)27-26-13-17-5-9-19(34-17)15-2-6-18(7-3-15)35(30,31)28-23-24-10-1-11-25-23/h1-13H,14H2,(H,27,29)(H,24,25,28)/b26-13-. The average molecular weight is 491 g/mol. The Morgan fingerprint density at radius 2 is 1.74 bits per heavy atom. The SMILES string of the molecule is O=C(N/N=C\c1ccc(-c2ccc(S(=O)(=O)Nc3ncccn3)cc2)o1)c1ccc2c(c1)OCO2. The predicted molar refractivity (Wildman–Crippen MR) is 125 cm³/mol. The van der Waals surface area contributed by atoms with Gasteiger partial charge in [0.15, 0.2) is 11.5 Å². The molecule has 35 heavy (non-hydrogen) atoms. The van der Waals surface area contributed by atoms with Crippen molar-refractivity contribution < 1.29 is 27.1 Å². The van der Waals surface area contributed by atoms with Gasteiger partial charge in [0, 0.05) is 23.5 Å². The summed E-state index contributed by atoms with van der Waals surface area (Å²) in [6.45, 7) is 0.122. The Labute approximate surface area is 199 Å². The maximum atomic E-state index is 12.5. The van der Waals surface area contributed by atoms with E-state index in [0.29, 0.717) is 34.1 Å². The highest BCUT2D eigenvalue weighted by Gasteiger charge is 2.17. The smallest absolute Gasteiger partial charge is 0.271 e. The molecular weight excluding hydrogens is 474 g/mol. The van der Waals surface area contributed by atoms with Gasteiger partial charge in [-0.1, -0.05) is 0 Å². The maximum Gasteiger partial charge on any atom is 0.271 e. The van der Waals surface area contributed by atoms with E-state index in [1.54, 1.807) is 48.5 Å². The van der Waals surface area contributed by atoms with Crippen molar-refractivity contribution in [3.8, 4) is 22.8 Å². The van der Waals surface area contributed by atoms with E-state index in [4.69, 9.17) is 13.9 Å². The molecule has 2 aromatic heterocycles. The number of hydrogen-bond acceptors (Lipinski definition) is 9. The maximum absolute atomic E-state index is 12.5. The van der Waals surface area contributed by atoms with Gasteiger partial charge >= 0.3 is 0 Å². The van der Waals surface area contributed by atoms with E-state index in [9.17, 15) is 13.2 Å². The van der Waals surface area contributed by atoms with Crippen LogP contribution in [0.5, 0.6) is 11.5 Å². The summed E-state index contributed by atoms with van der Waals surface area (Å²) in [5.41, 5.74) is 3.45. The molecule has 176 valence electrons. The zero-order valence-electron chi connectivity index (χ0n) is 17.9. The van der Waals surface area contributed by atoms with Crippen LogP contribution >= 0.6 is 0 Å². The number of sulfonamides is 1. The van der Waals surface area contributed by atoms with Crippen LogP contribution in [0.15, 0.2) is 87.5 Å². The highest BCUT2D eigenvalue weighted by molar-refractivity contribution is 7.92. The van der Waals surface area contributed by atoms with Crippen molar-refractivity contribution in [3.05, 3.63) is 84.4 Å². The van der Waals surface area contributed by atoms with Crippen LogP contribution < -0.4 is 19.6 Å². The number of nitrogens with zero attached hydrogens (tertiary/aromatic N) is 3. The molecule has 12 heteroatoms. The van der Waals surface area contributed by atoms with Crippen molar-refractivity contribution in [2.75, 3.05) is 11.5 Å². The second-order valence-electron chi connectivity index (χ2n) is 7.17. The Morgan fingerprint density at radius 3 is 2.54 bits per heavy atom. The number of fused-ring (bicyclic) bond motifs is 1. The molecule has 0 saturated heterocycles. The zero-order chi connectivity index (χ0) is 24.3. The van der Waals surface area contributed by atoms with Crippen LogP contribution in [0.2, 0.25) is 0 Å². The van der Waals surface area contributed by atoms with Gasteiger partial charge in [0.1, 0.15) is 11.5 Å². The topological polar surface area (TPSA) is 145 Å². The van der Waals surface area contributed by atoms with Crippen molar-refractivity contribution >= 4 is 28.1 Å². The molecule has 11 nitrogen and oxygen atoms in total. The minimum absolute atomic E-state index is 0.0165. The molecule has 2 N–H and O–H groups in total. The summed E-state index contributed by atoms with van der Waals surface area (Å²) in [5, 5.41) is 3.91. The van der Waals surface area contributed by atoms with Crippen molar-refractivity contribution in [2.45, 2.75) is 4.90 Å². The lowest BCUT2D eigenvalue weighted by molar-refractivity contribution is 0.0954. The van der Waals surface area contributed by atoms with Crippen molar-refractivity contribution in [1.82, 2.24) is 15.4 Å². The molecule has 0 radical (unpaired) electrons. The molecule has 1 aliphatic heterocycles. The second kappa shape index (κ2) is 9.27. The molecule has 0 aliphatic carbocycles. The van der Waals surface area contributed by atoms with Crippen LogP contribution in [0, 0.1) is 0 Å². The van der Waals surface area contributed by atoms with Gasteiger partial charge in [-0.2, -0.15) is 5.10 Å². The monoisotopic (exact) mass is 491 g/mol. The molecule has 3 heterocycles. The van der Waals surface area contributed by atoms with Crippen LogP contribution in [0.4, 0.5) is 5.95 Å². The summed E-state index contributed by atoms with van der Waals surface area (Å²) >= 11 is 0. The average Bonchev–Trinajstić information content (AvgIpc) is 3.54. The molecule has 0 saturated carbocycles. The van der Waals surface area contributed by atoms with Gasteiger partial charge in [-0.15, -0.1) is 0 Å². The van der Waals surface area contributed by atoms with Gasteiger partial charge in [0.25, 0.3) is 15.9 Å². The van der Waals surface area contributed by atoms with Gasteiger partial charge in [0.05, 0.1) is 11.1 Å². The van der Waals surface area contributed by atoms with Gasteiger partial charge < -0.3 is 13.9 Å². The van der Waals surface area contributed by atoms with Crippen molar-refractivity contribution in [2.24, 2.45) is 5.10 Å². The van der Waals surface area contributed by atoms with Crippen molar-refractivity contribution in [3.63, 3.8) is 0 Å². The summed E-state index contributed by atoms with van der Waals surface area (Å²) < 4.78 is 43.5. The Bertz CT molecular complexity index is 1500. The fourth-order valence-electron chi connectivity index (χ4n) is 3.16. The molecule has 1 aliphatic rings. The molecule has 0 fully saturated rings. The van der Waals surface area contributed by atoms with Crippen molar-refractivity contribution in [1.29, 1.82) is 0 Å². The van der Waals surface area contributed by atoms with E-state index in [2.05, 4.69) is 25.2 Å². The lowest BCUT2D eigenvalue weighted by atomic mass is 10.2. The lowest BCUT2D eigenvalue weighted by Crippen LogP contribution is -2.17. The van der Waals surface area contributed by atoms with E-state index in [0.717, 1.165) is 0 Å². The van der Waals surface area contributed by atoms with Crippen LogP contribution in [0.25, 0.3) is 11.3 Å². The first-order valence-electron chi connectivity index (χ1n) is 10.2. The third kappa shape index (κ3) is 4.96. The van der Waals surface area contributed by atoms with Crippen LogP contribution in [-0.2, 0) is 10.0 Å². The third-order valence-electron chi connectivity index (χ3n) is 4.86. The number of ether oxygens (including phenoxy) is 2. The molecule has 4 aromatic rings. The molecule has 2 aromatic carbocycles. The molecule has 1 amide bonds. The highest BCUT2D eigenvalue weighted by atomic mass is 32.2. The third-order valence-corrected chi connectivity index (χ3v) is 6.20. The van der Waals surface area contributed by atoms with Crippen LogP contribution in [0.3, 0.4) is 0 Å². The number of carbonyl (C=O) groups is 1. The minimum atomic E-state index is -3.84. The molecule has 5 rings (SSSR count). The Kier molecular flexibility index (Phi) is 5.85. The molecule has 0 bridgehead atoms. The number of nitrogens with one attached hydrogen (secondary N) is 2.